The zero-order chi connectivity index (χ0) is 22.4. The normalized spacial score (nSPS) is 17.9. The summed E-state index contributed by atoms with van der Waals surface area (Å²) in [7, 11) is 1.60. The van der Waals surface area contributed by atoms with Gasteiger partial charge in [0.1, 0.15) is 11.5 Å². The molecule has 1 saturated heterocycles. The maximum absolute atomic E-state index is 13.0. The Morgan fingerprint density at radius 1 is 1.06 bits per heavy atom. The largest absolute Gasteiger partial charge is 0.507 e. The van der Waals surface area contributed by atoms with Gasteiger partial charge in [0.15, 0.2) is 0 Å². The molecule has 1 heterocycles. The first kappa shape index (κ1) is 22.6. The van der Waals surface area contributed by atoms with E-state index in [0.29, 0.717) is 37.5 Å². The lowest BCUT2D eigenvalue weighted by atomic mass is 9.92. The minimum Gasteiger partial charge on any atom is -0.507 e. The van der Waals surface area contributed by atoms with Crippen LogP contribution < -0.4 is 4.74 Å². The summed E-state index contributed by atoms with van der Waals surface area (Å²) in [5, 5.41) is 11.1. The molecule has 164 valence electrons. The molecule has 1 fully saturated rings. The molecule has 0 spiro atoms. The number of carbonyl (C=O) groups excluding carboxylic acids is 2. The van der Waals surface area contributed by atoms with Crippen LogP contribution in [0.25, 0.3) is 5.76 Å². The SMILES string of the molecule is CCCOc1ccc(/C(O)=C2/C(=O)C(=O)N(CCCOC)C2c2ccccc2C)cc1. The Kier molecular flexibility index (Phi) is 7.47. The van der Waals surface area contributed by atoms with E-state index in [1.165, 1.54) is 4.90 Å². The highest BCUT2D eigenvalue weighted by Gasteiger charge is 2.46. The van der Waals surface area contributed by atoms with Crippen LogP contribution in [0.5, 0.6) is 5.75 Å². The van der Waals surface area contributed by atoms with Crippen LogP contribution >= 0.6 is 0 Å². The summed E-state index contributed by atoms with van der Waals surface area (Å²) < 4.78 is 10.7. The standard InChI is InChI=1S/C25H29NO5/c1-4-15-31-19-12-10-18(11-13-19)23(27)21-22(20-9-6-5-8-17(20)2)26(14-7-16-30-3)25(29)24(21)28/h5-6,8-13,22,27H,4,7,14-16H2,1-3H3/b23-21-. The molecule has 6 nitrogen and oxygen atoms in total. The Balaban J connectivity index is 2.05. The van der Waals surface area contributed by atoms with E-state index < -0.39 is 17.7 Å². The van der Waals surface area contributed by atoms with E-state index >= 15 is 0 Å². The Morgan fingerprint density at radius 2 is 1.77 bits per heavy atom. The molecule has 1 unspecified atom stereocenters. The minimum absolute atomic E-state index is 0.110. The highest BCUT2D eigenvalue weighted by molar-refractivity contribution is 6.46. The van der Waals surface area contributed by atoms with Crippen molar-refractivity contribution in [3.8, 4) is 5.75 Å². The monoisotopic (exact) mass is 423 g/mol. The van der Waals surface area contributed by atoms with Crippen molar-refractivity contribution in [1.29, 1.82) is 0 Å². The molecule has 0 aromatic heterocycles. The molecule has 1 amide bonds. The molecule has 1 atom stereocenters. The zero-order valence-electron chi connectivity index (χ0n) is 18.3. The Bertz CT molecular complexity index is 964. The second-order valence-corrected chi connectivity index (χ2v) is 7.57. The number of ketones is 1. The molecule has 1 aliphatic heterocycles. The van der Waals surface area contributed by atoms with Gasteiger partial charge in [-0.15, -0.1) is 0 Å². The van der Waals surface area contributed by atoms with Crippen molar-refractivity contribution >= 4 is 17.4 Å². The van der Waals surface area contributed by atoms with Gasteiger partial charge in [0.25, 0.3) is 11.7 Å². The third-order valence-corrected chi connectivity index (χ3v) is 5.37. The van der Waals surface area contributed by atoms with Gasteiger partial charge >= 0.3 is 0 Å². The van der Waals surface area contributed by atoms with Crippen molar-refractivity contribution in [3.05, 3.63) is 70.8 Å². The van der Waals surface area contributed by atoms with Crippen molar-refractivity contribution in [2.24, 2.45) is 0 Å². The fraction of sp³-hybridized carbons (Fsp3) is 0.360. The Labute approximate surface area is 183 Å². The number of hydrogen-bond acceptors (Lipinski definition) is 5. The molecule has 6 heteroatoms. The number of benzene rings is 2. The maximum Gasteiger partial charge on any atom is 0.295 e. The third-order valence-electron chi connectivity index (χ3n) is 5.37. The number of ether oxygens (including phenoxy) is 2. The summed E-state index contributed by atoms with van der Waals surface area (Å²) in [5.74, 6) is -0.764. The van der Waals surface area contributed by atoms with Crippen LogP contribution in [0.2, 0.25) is 0 Å². The third kappa shape index (κ3) is 4.80. The number of nitrogens with zero attached hydrogens (tertiary/aromatic N) is 1. The quantitative estimate of drug-likeness (QED) is 0.283. The summed E-state index contributed by atoms with van der Waals surface area (Å²) in [5.41, 5.74) is 2.35. The first-order chi connectivity index (χ1) is 15.0. The van der Waals surface area contributed by atoms with Gasteiger partial charge < -0.3 is 19.5 Å². The van der Waals surface area contributed by atoms with Gasteiger partial charge in [-0.3, -0.25) is 9.59 Å². The van der Waals surface area contributed by atoms with Crippen molar-refractivity contribution in [2.45, 2.75) is 32.7 Å². The number of likely N-dealkylation sites (tertiary alicyclic amines) is 1. The number of Topliss-reactive ketones (excluding diaryl/α,β-unsaturated/α-hetero) is 1. The predicted molar refractivity (Wildman–Crippen MR) is 119 cm³/mol. The molecule has 0 radical (unpaired) electrons. The van der Waals surface area contributed by atoms with Crippen LogP contribution in [-0.2, 0) is 14.3 Å². The van der Waals surface area contributed by atoms with Crippen LogP contribution in [0.15, 0.2) is 54.1 Å². The molecule has 2 aromatic carbocycles. The van der Waals surface area contributed by atoms with Crippen LogP contribution in [0.4, 0.5) is 0 Å². The van der Waals surface area contributed by atoms with Crippen LogP contribution in [0.1, 0.15) is 42.5 Å². The fourth-order valence-corrected chi connectivity index (χ4v) is 3.79. The summed E-state index contributed by atoms with van der Waals surface area (Å²) in [6.45, 7) is 5.40. The van der Waals surface area contributed by atoms with Crippen molar-refractivity contribution in [2.75, 3.05) is 26.9 Å². The maximum atomic E-state index is 13.0. The van der Waals surface area contributed by atoms with E-state index in [9.17, 15) is 14.7 Å². The molecule has 0 saturated carbocycles. The highest BCUT2D eigenvalue weighted by atomic mass is 16.5. The van der Waals surface area contributed by atoms with Crippen molar-refractivity contribution in [3.63, 3.8) is 0 Å². The van der Waals surface area contributed by atoms with Crippen molar-refractivity contribution < 1.29 is 24.2 Å². The average molecular weight is 424 g/mol. The number of carbonyl (C=O) groups is 2. The van der Waals surface area contributed by atoms with E-state index in [1.54, 1.807) is 31.4 Å². The first-order valence-corrected chi connectivity index (χ1v) is 10.6. The zero-order valence-corrected chi connectivity index (χ0v) is 18.3. The van der Waals surface area contributed by atoms with Crippen molar-refractivity contribution in [1.82, 2.24) is 4.90 Å². The second kappa shape index (κ2) is 10.3. The fourth-order valence-electron chi connectivity index (χ4n) is 3.79. The van der Waals surface area contributed by atoms with Crippen LogP contribution in [0.3, 0.4) is 0 Å². The van der Waals surface area contributed by atoms with Gasteiger partial charge in [-0.25, -0.2) is 0 Å². The molecular formula is C25H29NO5. The van der Waals surface area contributed by atoms with Gasteiger partial charge in [0, 0.05) is 25.8 Å². The van der Waals surface area contributed by atoms with Gasteiger partial charge in [0.2, 0.25) is 0 Å². The summed E-state index contributed by atoms with van der Waals surface area (Å²) in [4.78, 5) is 27.4. The van der Waals surface area contributed by atoms with Gasteiger partial charge in [-0.2, -0.15) is 0 Å². The average Bonchev–Trinajstić information content (AvgIpc) is 3.03. The lowest BCUT2D eigenvalue weighted by Gasteiger charge is -2.26. The number of rotatable bonds is 9. The van der Waals surface area contributed by atoms with Crippen LogP contribution in [0, 0.1) is 6.92 Å². The second-order valence-electron chi connectivity index (χ2n) is 7.57. The summed E-state index contributed by atoms with van der Waals surface area (Å²) in [6, 6.07) is 13.9. The first-order valence-electron chi connectivity index (χ1n) is 10.6. The lowest BCUT2D eigenvalue weighted by Crippen LogP contribution is -2.31. The molecule has 0 bridgehead atoms. The van der Waals surface area contributed by atoms with E-state index in [-0.39, 0.29) is 11.3 Å². The number of aliphatic hydroxyl groups excluding tert-OH is 1. The number of aryl methyl sites for hydroxylation is 1. The van der Waals surface area contributed by atoms with Gasteiger partial charge in [0.05, 0.1) is 18.2 Å². The smallest absolute Gasteiger partial charge is 0.295 e. The van der Waals surface area contributed by atoms with E-state index in [4.69, 9.17) is 9.47 Å². The number of methoxy groups -OCH3 is 1. The Hall–Kier alpha value is -3.12. The molecule has 2 aromatic rings. The molecule has 0 aliphatic carbocycles. The topological polar surface area (TPSA) is 76.1 Å². The van der Waals surface area contributed by atoms with Gasteiger partial charge in [-0.05, 0) is 55.2 Å². The molecule has 3 rings (SSSR count). The van der Waals surface area contributed by atoms with E-state index in [1.807, 2.05) is 38.1 Å². The number of aliphatic hydroxyl groups is 1. The molecule has 31 heavy (non-hydrogen) atoms. The van der Waals surface area contributed by atoms with Gasteiger partial charge in [-0.1, -0.05) is 31.2 Å². The lowest BCUT2D eigenvalue weighted by molar-refractivity contribution is -0.140. The van der Waals surface area contributed by atoms with E-state index in [0.717, 1.165) is 17.5 Å². The highest BCUT2D eigenvalue weighted by Crippen LogP contribution is 2.40. The summed E-state index contributed by atoms with van der Waals surface area (Å²) in [6.07, 6.45) is 1.49. The Morgan fingerprint density at radius 3 is 2.42 bits per heavy atom. The molecule has 1 N–H and O–H groups in total. The van der Waals surface area contributed by atoms with E-state index in [2.05, 4.69) is 0 Å². The molecule has 1 aliphatic rings. The number of amides is 1. The minimum atomic E-state index is -0.672. The molecular weight excluding hydrogens is 394 g/mol. The number of hydrogen-bond donors (Lipinski definition) is 1. The summed E-state index contributed by atoms with van der Waals surface area (Å²) >= 11 is 0. The van der Waals surface area contributed by atoms with Crippen LogP contribution in [-0.4, -0.2) is 48.6 Å². The predicted octanol–water partition coefficient (Wildman–Crippen LogP) is 4.24.